The van der Waals surface area contributed by atoms with Gasteiger partial charge in [0.05, 0.1) is 10.5 Å². The van der Waals surface area contributed by atoms with Gasteiger partial charge in [-0.2, -0.15) is 4.98 Å². The smallest absolute Gasteiger partial charge is 0.408 e. The highest BCUT2D eigenvalue weighted by Crippen LogP contribution is 2.39. The van der Waals surface area contributed by atoms with Gasteiger partial charge in [-0.05, 0) is 64.3 Å². The van der Waals surface area contributed by atoms with Crippen LogP contribution >= 0.6 is 11.6 Å². The zero-order chi connectivity index (χ0) is 26.4. The van der Waals surface area contributed by atoms with Gasteiger partial charge in [0.15, 0.2) is 5.82 Å². The van der Waals surface area contributed by atoms with Crippen LogP contribution in [0.15, 0.2) is 53.1 Å². The van der Waals surface area contributed by atoms with Crippen LogP contribution in [0.1, 0.15) is 45.0 Å². The molecule has 0 aliphatic heterocycles. The van der Waals surface area contributed by atoms with E-state index < -0.39 is 17.2 Å². The first kappa shape index (κ1) is 24.8. The van der Waals surface area contributed by atoms with Crippen molar-refractivity contribution in [3.63, 3.8) is 0 Å². The Morgan fingerprint density at radius 1 is 1.14 bits per heavy atom. The number of rotatable bonds is 6. The summed E-state index contributed by atoms with van der Waals surface area (Å²) in [7, 11) is 0. The van der Waals surface area contributed by atoms with Gasteiger partial charge >= 0.3 is 6.09 Å². The fourth-order valence-electron chi connectivity index (χ4n) is 4.20. The van der Waals surface area contributed by atoms with Crippen LogP contribution in [0.4, 0.5) is 4.79 Å². The molecule has 5 rings (SSSR count). The second kappa shape index (κ2) is 9.23. The topological polar surface area (TPSA) is 111 Å². The Bertz CT molecular complexity index is 1480. The number of ether oxygens (including phenoxy) is 1. The maximum absolute atomic E-state index is 12.8. The quantitative estimate of drug-likeness (QED) is 0.355. The monoisotopic (exact) mass is 521 g/mol. The predicted molar refractivity (Wildman–Crippen MR) is 139 cm³/mol. The van der Waals surface area contributed by atoms with Crippen LogP contribution in [0, 0.1) is 6.92 Å². The number of nitrogens with one attached hydrogen (secondary N) is 2. The van der Waals surface area contributed by atoms with E-state index >= 15 is 0 Å². The van der Waals surface area contributed by atoms with Gasteiger partial charge in [-0.3, -0.25) is 4.79 Å². The van der Waals surface area contributed by atoms with Crippen molar-refractivity contribution < 1.29 is 18.8 Å². The molecule has 9 nitrogen and oxygen atoms in total. The van der Waals surface area contributed by atoms with E-state index in [1.807, 2.05) is 53.1 Å². The molecule has 0 unspecified atom stereocenters. The number of halogens is 1. The first-order valence-corrected chi connectivity index (χ1v) is 12.4. The van der Waals surface area contributed by atoms with Crippen LogP contribution in [0.3, 0.4) is 0 Å². The molecule has 37 heavy (non-hydrogen) atoms. The van der Waals surface area contributed by atoms with Crippen molar-refractivity contribution in [2.24, 2.45) is 0 Å². The molecule has 0 spiro atoms. The predicted octanol–water partition coefficient (Wildman–Crippen LogP) is 5.32. The highest BCUT2D eigenvalue weighted by molar-refractivity contribution is 6.38. The minimum Gasteiger partial charge on any atom is -0.444 e. The second-order valence-electron chi connectivity index (χ2n) is 10.2. The van der Waals surface area contributed by atoms with E-state index in [0.717, 1.165) is 22.2 Å². The number of amides is 2. The molecule has 2 N–H and O–H groups in total. The highest BCUT2D eigenvalue weighted by Gasteiger charge is 2.51. The van der Waals surface area contributed by atoms with Gasteiger partial charge in [0.25, 0.3) is 5.89 Å². The summed E-state index contributed by atoms with van der Waals surface area (Å²) in [6.45, 7) is 7.43. The van der Waals surface area contributed by atoms with E-state index in [4.69, 9.17) is 20.9 Å². The third-order valence-corrected chi connectivity index (χ3v) is 6.50. The average molecular weight is 522 g/mol. The van der Waals surface area contributed by atoms with Gasteiger partial charge in [0.1, 0.15) is 16.8 Å². The maximum Gasteiger partial charge on any atom is 0.408 e. The van der Waals surface area contributed by atoms with Crippen molar-refractivity contribution in [3.8, 4) is 17.3 Å². The van der Waals surface area contributed by atoms with Gasteiger partial charge in [0.2, 0.25) is 5.91 Å². The molecule has 1 aliphatic rings. The van der Waals surface area contributed by atoms with Gasteiger partial charge in [-0.15, -0.1) is 0 Å². The number of carbonyl (C=O) groups excluding carboxylic acids is 2. The molecule has 0 atom stereocenters. The molecule has 192 valence electrons. The van der Waals surface area contributed by atoms with E-state index in [-0.39, 0.29) is 5.91 Å². The Morgan fingerprint density at radius 2 is 1.84 bits per heavy atom. The molecule has 4 aromatic rings. The van der Waals surface area contributed by atoms with Gasteiger partial charge in [-0.1, -0.05) is 47.1 Å². The lowest BCUT2D eigenvalue weighted by Crippen LogP contribution is -2.50. The number of aromatic nitrogens is 3. The average Bonchev–Trinajstić information content (AvgIpc) is 3.40. The first-order valence-electron chi connectivity index (χ1n) is 12.0. The van der Waals surface area contributed by atoms with Crippen LogP contribution in [0.25, 0.3) is 28.2 Å². The van der Waals surface area contributed by atoms with E-state index in [9.17, 15) is 9.59 Å². The standard InChI is InChI=1S/C27H28ClN5O4/c1-16-30-23(37-32-16)22-21(28)19-7-5-6-8-20(19)33(22)18-11-9-17(10-12-18)15-29-24(34)27(13-14-27)31-25(35)36-26(2,3)4/h5-12H,13-15H2,1-4H3,(H,29,34)(H,31,35). The highest BCUT2D eigenvalue weighted by atomic mass is 35.5. The van der Waals surface area contributed by atoms with E-state index in [1.165, 1.54) is 0 Å². The maximum atomic E-state index is 12.8. The number of fused-ring (bicyclic) bond motifs is 1. The van der Waals surface area contributed by atoms with Crippen molar-refractivity contribution >= 4 is 34.5 Å². The van der Waals surface area contributed by atoms with Crippen LogP contribution < -0.4 is 10.6 Å². The summed E-state index contributed by atoms with van der Waals surface area (Å²) >= 11 is 6.76. The summed E-state index contributed by atoms with van der Waals surface area (Å²) < 4.78 is 12.7. The lowest BCUT2D eigenvalue weighted by Gasteiger charge is -2.23. The molecule has 0 saturated heterocycles. The molecule has 0 bridgehead atoms. The molecule has 0 radical (unpaired) electrons. The number of para-hydroxylation sites is 1. The molecular formula is C27H28ClN5O4. The molecule has 2 aromatic heterocycles. The Hall–Kier alpha value is -3.85. The second-order valence-corrected chi connectivity index (χ2v) is 10.6. The van der Waals surface area contributed by atoms with Crippen LogP contribution in [0.5, 0.6) is 0 Å². The number of benzene rings is 2. The fourth-order valence-corrected chi connectivity index (χ4v) is 4.52. The lowest BCUT2D eigenvalue weighted by atomic mass is 10.1. The summed E-state index contributed by atoms with van der Waals surface area (Å²) in [5, 5.41) is 11.0. The molecule has 1 aliphatic carbocycles. The fraction of sp³-hybridized carbons (Fsp3) is 0.333. The zero-order valence-corrected chi connectivity index (χ0v) is 21.8. The number of hydrogen-bond acceptors (Lipinski definition) is 6. The summed E-state index contributed by atoms with van der Waals surface area (Å²) in [5.74, 6) is 0.630. The van der Waals surface area contributed by atoms with Crippen LogP contribution in [0.2, 0.25) is 5.02 Å². The van der Waals surface area contributed by atoms with Crippen molar-refractivity contribution in [2.45, 2.75) is 58.2 Å². The molecule has 1 fully saturated rings. The normalized spacial score (nSPS) is 14.4. The number of carbonyl (C=O) groups is 2. The Kier molecular flexibility index (Phi) is 6.19. The first-order chi connectivity index (χ1) is 17.6. The number of hydrogen-bond donors (Lipinski definition) is 2. The zero-order valence-electron chi connectivity index (χ0n) is 21.1. The number of nitrogens with zero attached hydrogens (tertiary/aromatic N) is 3. The molecular weight excluding hydrogens is 494 g/mol. The third kappa shape index (κ3) is 5.04. The molecule has 2 heterocycles. The van der Waals surface area contributed by atoms with Crippen LogP contribution in [-0.2, 0) is 16.1 Å². The number of alkyl carbamates (subject to hydrolysis) is 1. The van der Waals surface area contributed by atoms with E-state index in [2.05, 4.69) is 20.8 Å². The molecule has 1 saturated carbocycles. The van der Waals surface area contributed by atoms with Crippen molar-refractivity contribution in [1.29, 1.82) is 0 Å². The molecule has 10 heteroatoms. The van der Waals surface area contributed by atoms with Gasteiger partial charge in [-0.25, -0.2) is 4.79 Å². The molecule has 2 amide bonds. The summed E-state index contributed by atoms with van der Waals surface area (Å²) in [6, 6.07) is 15.6. The van der Waals surface area contributed by atoms with E-state index in [0.29, 0.717) is 41.8 Å². The summed E-state index contributed by atoms with van der Waals surface area (Å²) in [6.07, 6.45) is 0.571. The van der Waals surface area contributed by atoms with Crippen molar-refractivity contribution in [3.05, 3.63) is 64.9 Å². The lowest BCUT2D eigenvalue weighted by molar-refractivity contribution is -0.124. The van der Waals surface area contributed by atoms with Crippen molar-refractivity contribution in [1.82, 2.24) is 25.3 Å². The third-order valence-electron chi connectivity index (χ3n) is 6.12. The minimum atomic E-state index is -0.903. The minimum absolute atomic E-state index is 0.223. The SMILES string of the molecule is Cc1noc(-c2c(Cl)c3ccccc3n2-c2ccc(CNC(=O)C3(NC(=O)OC(C)(C)C)CC3)cc2)n1. The largest absolute Gasteiger partial charge is 0.444 e. The summed E-state index contributed by atoms with van der Waals surface area (Å²) in [5.41, 5.74) is 1.75. The van der Waals surface area contributed by atoms with Crippen molar-refractivity contribution in [2.75, 3.05) is 0 Å². The Morgan fingerprint density at radius 3 is 2.46 bits per heavy atom. The summed E-state index contributed by atoms with van der Waals surface area (Å²) in [4.78, 5) is 29.4. The van der Waals surface area contributed by atoms with Gasteiger partial charge in [0, 0.05) is 17.6 Å². The number of aryl methyl sites for hydroxylation is 1. The molecule has 2 aromatic carbocycles. The van der Waals surface area contributed by atoms with E-state index in [1.54, 1.807) is 27.7 Å². The van der Waals surface area contributed by atoms with Gasteiger partial charge < -0.3 is 24.5 Å². The Labute approximate surface area is 219 Å². The van der Waals surface area contributed by atoms with Crippen LogP contribution in [-0.4, -0.2) is 37.8 Å². The Balaban J connectivity index is 1.34.